The van der Waals surface area contributed by atoms with Crippen LogP contribution in [-0.2, 0) is 28.5 Å². The topological polar surface area (TPSA) is 158 Å². The molecule has 0 saturated carbocycles. The highest BCUT2D eigenvalue weighted by atomic mass is 16.7. The lowest BCUT2D eigenvalue weighted by atomic mass is 9.99. The number of aliphatic hydroxyl groups excluding tert-OH is 3. The number of hydrogen-bond donors (Lipinski definition) is 4. The van der Waals surface area contributed by atoms with Gasteiger partial charge in [-0.25, -0.2) is 0 Å². The molecule has 1 aliphatic rings. The van der Waals surface area contributed by atoms with Crippen LogP contribution in [-0.4, -0.2) is 83.8 Å². The average molecular weight is 786 g/mol. The van der Waals surface area contributed by atoms with Crippen molar-refractivity contribution in [3.63, 3.8) is 0 Å². The highest BCUT2D eigenvalue weighted by Gasteiger charge is 2.44. The van der Waals surface area contributed by atoms with Gasteiger partial charge in [-0.1, -0.05) is 194 Å². The van der Waals surface area contributed by atoms with E-state index in [0.717, 1.165) is 38.5 Å². The van der Waals surface area contributed by atoms with Crippen molar-refractivity contribution in [1.82, 2.24) is 0 Å². The number of carbonyl (C=O) groups excluding carboxylic acids is 2. The molecule has 326 valence electrons. The molecule has 55 heavy (non-hydrogen) atoms. The van der Waals surface area contributed by atoms with Crippen LogP contribution in [0.15, 0.2) is 0 Å². The van der Waals surface area contributed by atoms with E-state index in [1.54, 1.807) is 0 Å². The molecule has 0 aromatic carbocycles. The van der Waals surface area contributed by atoms with Crippen LogP contribution in [0.25, 0.3) is 0 Å². The van der Waals surface area contributed by atoms with E-state index in [1.807, 2.05) is 0 Å². The van der Waals surface area contributed by atoms with E-state index in [9.17, 15) is 24.9 Å². The zero-order valence-electron chi connectivity index (χ0n) is 35.6. The lowest BCUT2D eigenvalue weighted by Gasteiger charge is -2.40. The van der Waals surface area contributed by atoms with Crippen LogP contribution in [0, 0.1) is 0 Å². The van der Waals surface area contributed by atoms with Gasteiger partial charge in [-0.3, -0.25) is 9.59 Å². The Kier molecular flexibility index (Phi) is 34.8. The maximum atomic E-state index is 12.8. The summed E-state index contributed by atoms with van der Waals surface area (Å²) >= 11 is 0. The van der Waals surface area contributed by atoms with Crippen molar-refractivity contribution >= 4 is 11.9 Å². The molecular weight excluding hydrogens is 698 g/mol. The monoisotopic (exact) mass is 786 g/mol. The first-order chi connectivity index (χ1) is 26.8. The Labute approximate surface area is 336 Å². The zero-order valence-corrected chi connectivity index (χ0v) is 35.6. The number of nitrogens with two attached hydrogens (primary N) is 1. The zero-order chi connectivity index (χ0) is 40.2. The van der Waals surface area contributed by atoms with Gasteiger partial charge in [0.1, 0.15) is 31.0 Å². The maximum Gasteiger partial charge on any atom is 0.306 e. The van der Waals surface area contributed by atoms with Crippen molar-refractivity contribution < 1.29 is 43.9 Å². The first-order valence-corrected chi connectivity index (χ1v) is 23.2. The largest absolute Gasteiger partial charge is 0.462 e. The van der Waals surface area contributed by atoms with Crippen molar-refractivity contribution in [1.29, 1.82) is 0 Å². The summed E-state index contributed by atoms with van der Waals surface area (Å²) in [5, 5.41) is 30.7. The fraction of sp³-hybridized carbons (Fsp3) is 0.956. The van der Waals surface area contributed by atoms with E-state index >= 15 is 0 Å². The van der Waals surface area contributed by atoms with E-state index in [4.69, 9.17) is 24.7 Å². The van der Waals surface area contributed by atoms with Crippen molar-refractivity contribution in [2.24, 2.45) is 5.73 Å². The molecule has 6 atom stereocenters. The lowest BCUT2D eigenvalue weighted by Crippen LogP contribution is -2.60. The molecule has 0 aliphatic carbocycles. The van der Waals surface area contributed by atoms with E-state index in [0.29, 0.717) is 6.42 Å². The molecule has 1 saturated heterocycles. The fourth-order valence-electron chi connectivity index (χ4n) is 7.35. The molecule has 1 heterocycles. The minimum atomic E-state index is -1.53. The number of carbonyl (C=O) groups is 2. The van der Waals surface area contributed by atoms with Crippen LogP contribution in [0.1, 0.15) is 219 Å². The number of ether oxygens (including phenoxy) is 4. The number of rotatable bonds is 39. The van der Waals surface area contributed by atoms with Crippen LogP contribution in [0.2, 0.25) is 0 Å². The molecule has 10 nitrogen and oxygen atoms in total. The molecule has 0 aromatic heterocycles. The second-order valence-corrected chi connectivity index (χ2v) is 16.3. The SMILES string of the molecule is CCCCCCCCCCCCCCCCCCCC(=O)OC(COC(=O)CCCCCCCCCCCCCCC)COC1OC(CN)C(O)C(O)C1O. The highest BCUT2D eigenvalue weighted by Crippen LogP contribution is 2.22. The fourth-order valence-corrected chi connectivity index (χ4v) is 7.35. The number of aliphatic hydroxyl groups is 3. The van der Waals surface area contributed by atoms with Crippen LogP contribution in [0.5, 0.6) is 0 Å². The smallest absolute Gasteiger partial charge is 0.306 e. The Morgan fingerprint density at radius 2 is 0.873 bits per heavy atom. The molecule has 1 fully saturated rings. The van der Waals surface area contributed by atoms with Gasteiger partial charge in [0.2, 0.25) is 0 Å². The molecule has 5 N–H and O–H groups in total. The Hall–Kier alpha value is -1.30. The van der Waals surface area contributed by atoms with Gasteiger partial charge < -0.3 is 40.0 Å². The second-order valence-electron chi connectivity index (χ2n) is 16.3. The number of esters is 2. The van der Waals surface area contributed by atoms with E-state index in [-0.39, 0.29) is 32.1 Å². The molecule has 6 unspecified atom stereocenters. The minimum absolute atomic E-state index is 0.0839. The average Bonchev–Trinajstić information content (AvgIpc) is 3.18. The molecule has 1 aliphatic heterocycles. The molecule has 0 radical (unpaired) electrons. The summed E-state index contributed by atoms with van der Waals surface area (Å²) in [6.45, 7) is 4.02. The van der Waals surface area contributed by atoms with E-state index in [1.165, 1.54) is 154 Å². The first-order valence-electron chi connectivity index (χ1n) is 23.2. The van der Waals surface area contributed by atoms with Crippen molar-refractivity contribution in [3.8, 4) is 0 Å². The Balaban J connectivity index is 2.29. The third-order valence-electron chi connectivity index (χ3n) is 11.0. The first kappa shape index (κ1) is 51.7. The molecule has 1 rings (SSSR count). The predicted octanol–water partition coefficient (Wildman–Crippen LogP) is 9.75. The summed E-state index contributed by atoms with van der Waals surface area (Å²) in [6.07, 6.45) is 30.4. The summed E-state index contributed by atoms with van der Waals surface area (Å²) in [7, 11) is 0. The summed E-state index contributed by atoms with van der Waals surface area (Å²) < 4.78 is 22.4. The highest BCUT2D eigenvalue weighted by molar-refractivity contribution is 5.70. The van der Waals surface area contributed by atoms with Gasteiger partial charge in [0.05, 0.1) is 6.61 Å². The van der Waals surface area contributed by atoms with Crippen molar-refractivity contribution in [2.45, 2.75) is 256 Å². The van der Waals surface area contributed by atoms with Crippen LogP contribution in [0.3, 0.4) is 0 Å². The van der Waals surface area contributed by atoms with Crippen LogP contribution < -0.4 is 5.73 Å². The maximum absolute atomic E-state index is 12.8. The van der Waals surface area contributed by atoms with Gasteiger partial charge in [0, 0.05) is 19.4 Å². The molecule has 0 bridgehead atoms. The summed E-state index contributed by atoms with van der Waals surface area (Å²) in [5.74, 6) is -0.754. The van der Waals surface area contributed by atoms with Gasteiger partial charge in [0.15, 0.2) is 12.4 Å². The molecule has 0 aromatic rings. The minimum Gasteiger partial charge on any atom is -0.462 e. The third kappa shape index (κ3) is 28.7. The second kappa shape index (κ2) is 37.0. The number of unbranched alkanes of at least 4 members (excludes halogenated alkanes) is 28. The standard InChI is InChI=1S/C45H87NO9/c1-3-5-7-9-11-13-15-17-18-19-20-22-24-26-28-30-32-34-41(48)54-38(37-53-45-44(51)43(50)42(49)39(35-46)55-45)36-52-40(47)33-31-29-27-25-23-21-16-14-12-10-8-6-4-2/h38-39,42-45,49-51H,3-37,46H2,1-2H3. The van der Waals surface area contributed by atoms with Gasteiger partial charge >= 0.3 is 11.9 Å². The summed E-state index contributed by atoms with van der Waals surface area (Å²) in [6, 6.07) is 0. The summed E-state index contributed by atoms with van der Waals surface area (Å²) in [4.78, 5) is 25.3. The van der Waals surface area contributed by atoms with Gasteiger partial charge in [-0.2, -0.15) is 0 Å². The molecule has 10 heteroatoms. The van der Waals surface area contributed by atoms with Gasteiger partial charge in [-0.05, 0) is 12.8 Å². The summed E-state index contributed by atoms with van der Waals surface area (Å²) in [5.41, 5.74) is 5.65. The van der Waals surface area contributed by atoms with Gasteiger partial charge in [0.25, 0.3) is 0 Å². The van der Waals surface area contributed by atoms with Gasteiger partial charge in [-0.15, -0.1) is 0 Å². The van der Waals surface area contributed by atoms with Crippen LogP contribution in [0.4, 0.5) is 0 Å². The predicted molar refractivity (Wildman–Crippen MR) is 222 cm³/mol. The van der Waals surface area contributed by atoms with E-state index < -0.39 is 42.8 Å². The lowest BCUT2D eigenvalue weighted by molar-refractivity contribution is -0.299. The quantitative estimate of drug-likeness (QED) is 0.0349. The normalized spacial score (nSPS) is 20.4. The molecule has 0 spiro atoms. The Morgan fingerprint density at radius 1 is 0.509 bits per heavy atom. The third-order valence-corrected chi connectivity index (χ3v) is 11.0. The van der Waals surface area contributed by atoms with Crippen LogP contribution >= 0.6 is 0 Å². The number of hydrogen-bond acceptors (Lipinski definition) is 10. The Bertz CT molecular complexity index is 875. The molecular formula is C45H87NO9. The van der Waals surface area contributed by atoms with Crippen molar-refractivity contribution in [2.75, 3.05) is 19.8 Å². The molecule has 0 amide bonds. The van der Waals surface area contributed by atoms with Crippen molar-refractivity contribution in [3.05, 3.63) is 0 Å². The van der Waals surface area contributed by atoms with E-state index in [2.05, 4.69) is 13.8 Å². The Morgan fingerprint density at radius 3 is 1.25 bits per heavy atom.